The molecule has 0 aliphatic carbocycles. The molecule has 0 unspecified atom stereocenters. The maximum atomic E-state index is 11.4. The second-order valence-electron chi connectivity index (χ2n) is 5.49. The zero-order valence-electron chi connectivity index (χ0n) is 13.3. The minimum Gasteiger partial charge on any atom is -0.463 e. The Morgan fingerprint density at radius 3 is 1.62 bits per heavy atom. The Kier molecular flexibility index (Phi) is 9.06. The van der Waals surface area contributed by atoms with Crippen LogP contribution < -0.4 is 0 Å². The third-order valence-electron chi connectivity index (χ3n) is 3.47. The van der Waals surface area contributed by atoms with Gasteiger partial charge in [0.1, 0.15) is 25.4 Å². The predicted molar refractivity (Wildman–Crippen MR) is 78.9 cm³/mol. The van der Waals surface area contributed by atoms with Crippen molar-refractivity contribution in [3.05, 3.63) is 0 Å². The van der Waals surface area contributed by atoms with E-state index in [1.54, 1.807) is 0 Å². The number of hydrogen-bond donors (Lipinski definition) is 0. The molecule has 0 spiro atoms. The van der Waals surface area contributed by atoms with Crippen molar-refractivity contribution in [3.8, 4) is 0 Å². The lowest BCUT2D eigenvalue weighted by molar-refractivity contribution is -0.145. The SMILES string of the molecule is CCCCCC(=O)OC[C@@H]1O[C@@H]1COC(=O)CCCCC. The van der Waals surface area contributed by atoms with E-state index in [9.17, 15) is 9.59 Å². The second-order valence-corrected chi connectivity index (χ2v) is 5.49. The van der Waals surface area contributed by atoms with Crippen LogP contribution in [0.2, 0.25) is 0 Å². The number of unbranched alkanes of at least 4 members (excludes halogenated alkanes) is 4. The second kappa shape index (κ2) is 10.6. The molecule has 2 atom stereocenters. The van der Waals surface area contributed by atoms with Gasteiger partial charge in [-0.15, -0.1) is 0 Å². The van der Waals surface area contributed by atoms with E-state index in [1.807, 2.05) is 0 Å². The molecule has 0 amide bonds. The number of carbonyl (C=O) groups is 2. The number of epoxide rings is 1. The van der Waals surface area contributed by atoms with E-state index in [4.69, 9.17) is 14.2 Å². The van der Waals surface area contributed by atoms with Gasteiger partial charge in [0.25, 0.3) is 0 Å². The first kappa shape index (κ1) is 18.0. The fourth-order valence-corrected chi connectivity index (χ4v) is 2.01. The van der Waals surface area contributed by atoms with Gasteiger partial charge in [0.05, 0.1) is 0 Å². The van der Waals surface area contributed by atoms with Crippen LogP contribution in [0.25, 0.3) is 0 Å². The van der Waals surface area contributed by atoms with Crippen LogP contribution in [0, 0.1) is 0 Å². The lowest BCUT2D eigenvalue weighted by Crippen LogP contribution is -2.15. The Bertz CT molecular complexity index is 286. The fourth-order valence-electron chi connectivity index (χ4n) is 2.01. The number of hydrogen-bond acceptors (Lipinski definition) is 5. The molecule has 0 aromatic rings. The number of ether oxygens (including phenoxy) is 3. The normalized spacial score (nSPS) is 20.1. The summed E-state index contributed by atoms with van der Waals surface area (Å²) >= 11 is 0. The van der Waals surface area contributed by atoms with Gasteiger partial charge in [0.15, 0.2) is 0 Å². The number of rotatable bonds is 12. The molecule has 122 valence electrons. The van der Waals surface area contributed by atoms with Gasteiger partial charge >= 0.3 is 11.9 Å². The third-order valence-corrected chi connectivity index (χ3v) is 3.47. The first-order valence-corrected chi connectivity index (χ1v) is 8.14. The molecular weight excluding hydrogens is 272 g/mol. The standard InChI is InChI=1S/C16H28O5/c1-3-5-7-9-15(17)19-11-13-14(21-13)12-20-16(18)10-8-6-4-2/h13-14H,3-12H2,1-2H3/t13-,14+. The highest BCUT2D eigenvalue weighted by molar-refractivity contribution is 5.69. The molecule has 21 heavy (non-hydrogen) atoms. The van der Waals surface area contributed by atoms with E-state index in [-0.39, 0.29) is 37.4 Å². The first-order valence-electron chi connectivity index (χ1n) is 8.14. The lowest BCUT2D eigenvalue weighted by atomic mass is 10.2. The molecule has 1 rings (SSSR count). The highest BCUT2D eigenvalue weighted by Crippen LogP contribution is 2.23. The van der Waals surface area contributed by atoms with E-state index in [0.29, 0.717) is 12.8 Å². The summed E-state index contributed by atoms with van der Waals surface area (Å²) < 4.78 is 15.6. The minimum atomic E-state index is -0.172. The molecule has 0 radical (unpaired) electrons. The minimum absolute atomic E-state index is 0.108. The van der Waals surface area contributed by atoms with Gasteiger partial charge in [-0.3, -0.25) is 9.59 Å². The summed E-state index contributed by atoms with van der Waals surface area (Å²) in [5.74, 6) is -0.344. The molecule has 0 N–H and O–H groups in total. The summed E-state index contributed by atoms with van der Waals surface area (Å²) in [6.07, 6.45) is 6.74. The van der Waals surface area contributed by atoms with Crippen molar-refractivity contribution < 1.29 is 23.8 Å². The highest BCUT2D eigenvalue weighted by atomic mass is 16.6. The van der Waals surface area contributed by atoms with E-state index in [1.165, 1.54) is 0 Å². The van der Waals surface area contributed by atoms with E-state index in [2.05, 4.69) is 13.8 Å². The van der Waals surface area contributed by atoms with Crippen molar-refractivity contribution in [2.24, 2.45) is 0 Å². The summed E-state index contributed by atoms with van der Waals surface area (Å²) in [6.45, 7) is 4.72. The van der Waals surface area contributed by atoms with Crippen molar-refractivity contribution in [1.29, 1.82) is 0 Å². The van der Waals surface area contributed by atoms with Crippen LogP contribution in [0.15, 0.2) is 0 Å². The van der Waals surface area contributed by atoms with Gasteiger partial charge in [-0.2, -0.15) is 0 Å². The first-order chi connectivity index (χ1) is 10.2. The van der Waals surface area contributed by atoms with Crippen LogP contribution in [0.1, 0.15) is 65.2 Å². The van der Waals surface area contributed by atoms with Gasteiger partial charge < -0.3 is 14.2 Å². The molecule has 0 bridgehead atoms. The fraction of sp³-hybridized carbons (Fsp3) is 0.875. The number of esters is 2. The smallest absolute Gasteiger partial charge is 0.305 e. The maximum absolute atomic E-state index is 11.4. The average molecular weight is 300 g/mol. The number of carbonyl (C=O) groups excluding carboxylic acids is 2. The summed E-state index contributed by atoms with van der Waals surface area (Å²) in [5.41, 5.74) is 0. The Hall–Kier alpha value is -1.10. The lowest BCUT2D eigenvalue weighted by Gasteiger charge is -2.03. The Morgan fingerprint density at radius 2 is 1.24 bits per heavy atom. The quantitative estimate of drug-likeness (QED) is 0.315. The predicted octanol–water partition coefficient (Wildman–Crippen LogP) is 3.00. The van der Waals surface area contributed by atoms with Crippen LogP contribution in [0.5, 0.6) is 0 Å². The van der Waals surface area contributed by atoms with Crippen molar-refractivity contribution in [2.75, 3.05) is 13.2 Å². The average Bonchev–Trinajstić information content (AvgIpc) is 3.22. The summed E-state index contributed by atoms with van der Waals surface area (Å²) in [6, 6.07) is 0. The van der Waals surface area contributed by atoms with Crippen molar-refractivity contribution in [1.82, 2.24) is 0 Å². The maximum Gasteiger partial charge on any atom is 0.305 e. The van der Waals surface area contributed by atoms with Crippen LogP contribution in [-0.2, 0) is 23.8 Å². The molecule has 1 heterocycles. The van der Waals surface area contributed by atoms with E-state index < -0.39 is 0 Å². The molecule has 0 saturated carbocycles. The summed E-state index contributed by atoms with van der Waals surface area (Å²) in [7, 11) is 0. The van der Waals surface area contributed by atoms with Crippen LogP contribution in [-0.4, -0.2) is 37.4 Å². The van der Waals surface area contributed by atoms with Gasteiger partial charge in [0.2, 0.25) is 0 Å². The van der Waals surface area contributed by atoms with Gasteiger partial charge in [-0.25, -0.2) is 0 Å². The Labute approximate surface area is 127 Å². The van der Waals surface area contributed by atoms with Gasteiger partial charge in [-0.1, -0.05) is 39.5 Å². The third kappa shape index (κ3) is 8.71. The van der Waals surface area contributed by atoms with E-state index in [0.717, 1.165) is 38.5 Å². The van der Waals surface area contributed by atoms with Crippen LogP contribution >= 0.6 is 0 Å². The highest BCUT2D eigenvalue weighted by Gasteiger charge is 2.40. The van der Waals surface area contributed by atoms with Gasteiger partial charge in [-0.05, 0) is 12.8 Å². The molecule has 1 fully saturated rings. The Balaban J connectivity index is 1.96. The zero-order valence-corrected chi connectivity index (χ0v) is 13.3. The largest absolute Gasteiger partial charge is 0.463 e. The molecule has 1 saturated heterocycles. The van der Waals surface area contributed by atoms with E-state index >= 15 is 0 Å². The van der Waals surface area contributed by atoms with Crippen LogP contribution in [0.3, 0.4) is 0 Å². The monoisotopic (exact) mass is 300 g/mol. The molecule has 5 nitrogen and oxygen atoms in total. The Morgan fingerprint density at radius 1 is 0.810 bits per heavy atom. The van der Waals surface area contributed by atoms with Gasteiger partial charge in [0, 0.05) is 12.8 Å². The van der Waals surface area contributed by atoms with Crippen molar-refractivity contribution in [3.63, 3.8) is 0 Å². The summed E-state index contributed by atoms with van der Waals surface area (Å²) in [4.78, 5) is 22.8. The topological polar surface area (TPSA) is 65.1 Å². The molecular formula is C16H28O5. The van der Waals surface area contributed by atoms with Crippen molar-refractivity contribution >= 4 is 11.9 Å². The molecule has 1 aliphatic heterocycles. The zero-order chi connectivity index (χ0) is 15.5. The molecule has 0 aromatic carbocycles. The molecule has 5 heteroatoms. The molecule has 1 aliphatic rings. The molecule has 0 aromatic heterocycles. The van der Waals surface area contributed by atoms with Crippen LogP contribution in [0.4, 0.5) is 0 Å². The summed E-state index contributed by atoms with van der Waals surface area (Å²) in [5, 5.41) is 0. The van der Waals surface area contributed by atoms with Crippen molar-refractivity contribution in [2.45, 2.75) is 77.4 Å².